The standard InChI is InChI=1S/C21H32O2/c1-2-3-4-5-6-7-8-9-10-11-13-19-14-12-15-20(16-19)22-17-21-18-23-21/h6-7,12,14-16,21H,2-5,8-11,13,17-18H2,1H3/b7-6+. The molecule has 2 rings (SSSR count). The molecule has 1 fully saturated rings. The summed E-state index contributed by atoms with van der Waals surface area (Å²) in [5.74, 6) is 0.980. The Balaban J connectivity index is 1.51. The van der Waals surface area contributed by atoms with Crippen LogP contribution in [-0.4, -0.2) is 19.3 Å². The molecular formula is C21H32O2. The van der Waals surface area contributed by atoms with Gasteiger partial charge < -0.3 is 9.47 Å². The number of ether oxygens (including phenoxy) is 2. The Bertz CT molecular complexity index is 449. The third-order valence-corrected chi connectivity index (χ3v) is 4.21. The lowest BCUT2D eigenvalue weighted by atomic mass is 10.1. The van der Waals surface area contributed by atoms with Gasteiger partial charge in [0.2, 0.25) is 0 Å². The summed E-state index contributed by atoms with van der Waals surface area (Å²) in [6.45, 7) is 3.80. The molecule has 1 aliphatic heterocycles. The summed E-state index contributed by atoms with van der Waals surface area (Å²) < 4.78 is 10.9. The molecule has 0 spiro atoms. The van der Waals surface area contributed by atoms with Crippen molar-refractivity contribution < 1.29 is 9.47 Å². The first-order chi connectivity index (χ1) is 11.4. The van der Waals surface area contributed by atoms with Crippen molar-refractivity contribution in [2.75, 3.05) is 13.2 Å². The molecule has 0 amide bonds. The molecule has 2 heteroatoms. The van der Waals surface area contributed by atoms with Crippen molar-refractivity contribution in [3.63, 3.8) is 0 Å². The smallest absolute Gasteiger partial charge is 0.119 e. The zero-order chi connectivity index (χ0) is 16.2. The number of rotatable bonds is 13. The molecule has 0 N–H and O–H groups in total. The Morgan fingerprint density at radius 1 is 1.09 bits per heavy atom. The van der Waals surface area contributed by atoms with Gasteiger partial charge >= 0.3 is 0 Å². The molecule has 1 unspecified atom stereocenters. The van der Waals surface area contributed by atoms with E-state index >= 15 is 0 Å². The number of aryl methyl sites for hydroxylation is 1. The van der Waals surface area contributed by atoms with E-state index in [0.717, 1.165) is 18.8 Å². The normalized spacial score (nSPS) is 16.8. The van der Waals surface area contributed by atoms with Crippen molar-refractivity contribution in [2.24, 2.45) is 0 Å². The number of allylic oxidation sites excluding steroid dienone is 2. The maximum atomic E-state index is 5.74. The van der Waals surface area contributed by atoms with E-state index in [0.29, 0.717) is 12.7 Å². The summed E-state index contributed by atoms with van der Waals surface area (Å²) >= 11 is 0. The molecule has 1 aromatic rings. The van der Waals surface area contributed by atoms with Gasteiger partial charge in [-0.05, 0) is 56.2 Å². The average Bonchev–Trinajstić information content (AvgIpc) is 3.39. The van der Waals surface area contributed by atoms with Crippen molar-refractivity contribution in [3.05, 3.63) is 42.0 Å². The number of benzene rings is 1. The molecule has 1 heterocycles. The SMILES string of the molecule is CCCCC/C=C/CCCCCc1cccc(OCC2CO2)c1. The molecule has 0 aliphatic carbocycles. The Hall–Kier alpha value is -1.28. The highest BCUT2D eigenvalue weighted by Gasteiger charge is 2.22. The third kappa shape index (κ3) is 8.80. The first-order valence-corrected chi connectivity index (χ1v) is 9.37. The maximum Gasteiger partial charge on any atom is 0.119 e. The Kier molecular flexibility index (Phi) is 8.86. The molecule has 0 saturated carbocycles. The highest BCUT2D eigenvalue weighted by molar-refractivity contribution is 5.28. The molecule has 0 radical (unpaired) electrons. The largest absolute Gasteiger partial charge is 0.491 e. The molecule has 128 valence electrons. The molecule has 23 heavy (non-hydrogen) atoms. The third-order valence-electron chi connectivity index (χ3n) is 4.21. The van der Waals surface area contributed by atoms with Crippen molar-refractivity contribution in [1.29, 1.82) is 0 Å². The summed E-state index contributed by atoms with van der Waals surface area (Å²) in [6.07, 6.45) is 16.6. The quantitative estimate of drug-likeness (QED) is 0.264. The van der Waals surface area contributed by atoms with Crippen LogP contribution in [0.25, 0.3) is 0 Å². The molecule has 0 aromatic heterocycles. The average molecular weight is 316 g/mol. The summed E-state index contributed by atoms with van der Waals surface area (Å²) in [5.41, 5.74) is 1.38. The molecule has 1 saturated heterocycles. The van der Waals surface area contributed by atoms with E-state index in [1.165, 1.54) is 56.9 Å². The molecule has 1 aromatic carbocycles. The highest BCUT2D eigenvalue weighted by atomic mass is 16.6. The van der Waals surface area contributed by atoms with Crippen molar-refractivity contribution in [3.8, 4) is 5.75 Å². The predicted octanol–water partition coefficient (Wildman–Crippen LogP) is 5.70. The van der Waals surface area contributed by atoms with Gasteiger partial charge in [0.25, 0.3) is 0 Å². The molecule has 1 atom stereocenters. The second kappa shape index (κ2) is 11.3. The number of epoxide rings is 1. The topological polar surface area (TPSA) is 21.8 Å². The van der Waals surface area contributed by atoms with Gasteiger partial charge in [-0.25, -0.2) is 0 Å². The van der Waals surface area contributed by atoms with Crippen LogP contribution >= 0.6 is 0 Å². The van der Waals surface area contributed by atoms with Crippen LogP contribution in [-0.2, 0) is 11.2 Å². The first-order valence-electron chi connectivity index (χ1n) is 9.37. The monoisotopic (exact) mass is 316 g/mol. The fourth-order valence-corrected chi connectivity index (χ4v) is 2.66. The summed E-state index contributed by atoms with van der Waals surface area (Å²) in [4.78, 5) is 0. The minimum atomic E-state index is 0.327. The van der Waals surface area contributed by atoms with Crippen molar-refractivity contribution in [1.82, 2.24) is 0 Å². The van der Waals surface area contributed by atoms with E-state index in [1.807, 2.05) is 6.07 Å². The second-order valence-corrected chi connectivity index (χ2v) is 6.48. The fourth-order valence-electron chi connectivity index (χ4n) is 2.66. The highest BCUT2D eigenvalue weighted by Crippen LogP contribution is 2.18. The van der Waals surface area contributed by atoms with Crippen LogP contribution in [0.2, 0.25) is 0 Å². The molecule has 0 bridgehead atoms. The Morgan fingerprint density at radius 3 is 2.61 bits per heavy atom. The van der Waals surface area contributed by atoms with Gasteiger partial charge in [-0.3, -0.25) is 0 Å². The van der Waals surface area contributed by atoms with Crippen LogP contribution in [0.15, 0.2) is 36.4 Å². The lowest BCUT2D eigenvalue weighted by Crippen LogP contribution is -2.04. The van der Waals surface area contributed by atoms with E-state index in [1.54, 1.807) is 0 Å². The van der Waals surface area contributed by atoms with Crippen LogP contribution in [0.3, 0.4) is 0 Å². The van der Waals surface area contributed by atoms with Gasteiger partial charge in [-0.1, -0.05) is 50.5 Å². The van der Waals surface area contributed by atoms with E-state index in [4.69, 9.17) is 9.47 Å². The summed E-state index contributed by atoms with van der Waals surface area (Å²) in [6, 6.07) is 8.51. The lowest BCUT2D eigenvalue weighted by molar-refractivity contribution is 0.263. The molecule has 1 aliphatic rings. The Labute approximate surface area is 141 Å². The van der Waals surface area contributed by atoms with Gasteiger partial charge in [-0.15, -0.1) is 0 Å². The van der Waals surface area contributed by atoms with Crippen LogP contribution in [0.1, 0.15) is 63.9 Å². The second-order valence-electron chi connectivity index (χ2n) is 6.48. The van der Waals surface area contributed by atoms with Gasteiger partial charge in [-0.2, -0.15) is 0 Å². The van der Waals surface area contributed by atoms with E-state index in [-0.39, 0.29) is 0 Å². The predicted molar refractivity (Wildman–Crippen MR) is 97.1 cm³/mol. The van der Waals surface area contributed by atoms with Crippen molar-refractivity contribution >= 4 is 0 Å². The minimum absolute atomic E-state index is 0.327. The maximum absolute atomic E-state index is 5.74. The Morgan fingerprint density at radius 2 is 1.87 bits per heavy atom. The van der Waals surface area contributed by atoms with Crippen LogP contribution in [0.4, 0.5) is 0 Å². The van der Waals surface area contributed by atoms with E-state index < -0.39 is 0 Å². The van der Waals surface area contributed by atoms with Crippen LogP contribution < -0.4 is 4.74 Å². The minimum Gasteiger partial charge on any atom is -0.491 e. The summed E-state index contributed by atoms with van der Waals surface area (Å²) in [7, 11) is 0. The van der Waals surface area contributed by atoms with E-state index in [9.17, 15) is 0 Å². The van der Waals surface area contributed by atoms with Crippen LogP contribution in [0.5, 0.6) is 5.75 Å². The molecule has 2 nitrogen and oxygen atoms in total. The van der Waals surface area contributed by atoms with Gasteiger partial charge in [0, 0.05) is 0 Å². The summed E-state index contributed by atoms with van der Waals surface area (Å²) in [5, 5.41) is 0. The zero-order valence-electron chi connectivity index (χ0n) is 14.6. The van der Waals surface area contributed by atoms with Crippen LogP contribution in [0, 0.1) is 0 Å². The number of hydrogen-bond acceptors (Lipinski definition) is 2. The fraction of sp³-hybridized carbons (Fsp3) is 0.619. The van der Waals surface area contributed by atoms with Gasteiger partial charge in [0.05, 0.1) is 6.61 Å². The molecular weight excluding hydrogens is 284 g/mol. The van der Waals surface area contributed by atoms with Crippen molar-refractivity contribution in [2.45, 2.75) is 70.8 Å². The lowest BCUT2D eigenvalue weighted by Gasteiger charge is -2.06. The van der Waals surface area contributed by atoms with Gasteiger partial charge in [0.15, 0.2) is 0 Å². The van der Waals surface area contributed by atoms with Gasteiger partial charge in [0.1, 0.15) is 18.5 Å². The zero-order valence-corrected chi connectivity index (χ0v) is 14.6. The van der Waals surface area contributed by atoms with E-state index in [2.05, 4.69) is 37.3 Å². The first kappa shape index (κ1) is 18.1. The number of unbranched alkanes of at least 4 members (excludes halogenated alkanes) is 6. The number of hydrogen-bond donors (Lipinski definition) is 0.